The highest BCUT2D eigenvalue weighted by Crippen LogP contribution is 2.72. The summed E-state index contributed by atoms with van der Waals surface area (Å²) in [4.78, 5) is 41.6. The molecule has 5 fully saturated rings. The van der Waals surface area contributed by atoms with Crippen molar-refractivity contribution in [2.45, 2.75) is 143 Å². The Kier molecular flexibility index (Phi) is 13.8. The molecule has 14 heteroatoms. The molecule has 1 aliphatic heterocycles. The fourth-order valence-electron chi connectivity index (χ4n) is 13.0. The maximum absolute atomic E-state index is 13.0. The number of benzene rings is 1. The van der Waals surface area contributed by atoms with E-state index in [0.717, 1.165) is 111 Å². The minimum absolute atomic E-state index is 0.0314. The molecular formula is C51H69N9O4S. The van der Waals surface area contributed by atoms with Crippen molar-refractivity contribution in [3.05, 3.63) is 65.1 Å². The Morgan fingerprint density at radius 2 is 1.69 bits per heavy atom. The van der Waals surface area contributed by atoms with Crippen LogP contribution in [0, 0.1) is 28.6 Å². The first-order chi connectivity index (χ1) is 31.1. The Bertz CT molecular complexity index is 2420. The number of fused-ring (bicyclic) bond motifs is 1. The van der Waals surface area contributed by atoms with Crippen LogP contribution in [0.25, 0.3) is 21.3 Å². The topological polar surface area (TPSA) is 176 Å². The molecule has 348 valence electrons. The fourth-order valence-corrected chi connectivity index (χ4v) is 13.8. The van der Waals surface area contributed by atoms with Crippen molar-refractivity contribution < 1.29 is 19.4 Å². The number of piperidine rings is 1. The molecule has 1 saturated heterocycles. The van der Waals surface area contributed by atoms with E-state index in [1.807, 2.05) is 50.2 Å². The van der Waals surface area contributed by atoms with E-state index in [1.165, 1.54) is 49.9 Å². The summed E-state index contributed by atoms with van der Waals surface area (Å²) in [6, 6.07) is 11.5. The maximum atomic E-state index is 13.0. The molecule has 0 amide bonds. The second-order valence-corrected chi connectivity index (χ2v) is 21.8. The number of thiazole rings is 1. The molecule has 2 unspecified atom stereocenters. The van der Waals surface area contributed by atoms with Crippen LogP contribution in [0.1, 0.15) is 140 Å². The molecule has 9 rings (SSSR count). The van der Waals surface area contributed by atoms with Crippen LogP contribution in [0.4, 0.5) is 10.9 Å². The molecule has 0 radical (unpaired) electrons. The van der Waals surface area contributed by atoms with E-state index in [0.29, 0.717) is 47.3 Å². The Labute approximate surface area is 388 Å². The van der Waals surface area contributed by atoms with Gasteiger partial charge in [-0.1, -0.05) is 69.4 Å². The van der Waals surface area contributed by atoms with Crippen LogP contribution in [-0.2, 0) is 16.1 Å². The number of carbonyl (C=O) groups excluding carboxylic acids is 1. The summed E-state index contributed by atoms with van der Waals surface area (Å²) >= 11 is 1.47. The molecule has 5 aliphatic rings. The molecule has 3 aromatic heterocycles. The van der Waals surface area contributed by atoms with Crippen molar-refractivity contribution in [3.63, 3.8) is 0 Å². The lowest BCUT2D eigenvalue weighted by Crippen LogP contribution is -2.64. The zero-order valence-corrected chi connectivity index (χ0v) is 40.1. The van der Waals surface area contributed by atoms with Gasteiger partial charge in [-0.2, -0.15) is 5.10 Å². The molecule has 1 aromatic carbocycles. The van der Waals surface area contributed by atoms with E-state index in [2.05, 4.69) is 40.5 Å². The third kappa shape index (κ3) is 10.3. The van der Waals surface area contributed by atoms with Crippen molar-refractivity contribution in [3.8, 4) is 11.1 Å². The van der Waals surface area contributed by atoms with Gasteiger partial charge in [-0.05, 0) is 138 Å². The Hall–Kier alpha value is -4.79. The number of hydrogen-bond donors (Lipinski definition) is 3. The number of carboxylic acid groups (broad SMARTS) is 1. The van der Waals surface area contributed by atoms with E-state index in [-0.39, 0.29) is 33.4 Å². The minimum Gasteiger partial charge on any atom is -0.476 e. The molecule has 13 nitrogen and oxygen atoms in total. The summed E-state index contributed by atoms with van der Waals surface area (Å²) in [6.45, 7) is 12.9. The third-order valence-electron chi connectivity index (χ3n) is 14.8. The summed E-state index contributed by atoms with van der Waals surface area (Å²) < 4.78 is 10.2. The largest absolute Gasteiger partial charge is 0.476 e. The zero-order valence-electron chi connectivity index (χ0n) is 39.3. The van der Waals surface area contributed by atoms with Gasteiger partial charge in [0.15, 0.2) is 5.69 Å². The molecule has 4 bridgehead atoms. The normalized spacial score (nSPS) is 26.2. The molecule has 0 spiro atoms. The molecule has 2 atom stereocenters. The van der Waals surface area contributed by atoms with Crippen molar-refractivity contribution in [2.75, 3.05) is 38.2 Å². The lowest BCUT2D eigenvalue weighted by atomic mass is 9.39. The van der Waals surface area contributed by atoms with Crippen LogP contribution in [0.15, 0.2) is 58.7 Å². The molecule has 4 aromatic rings. The van der Waals surface area contributed by atoms with Crippen molar-refractivity contribution in [1.29, 1.82) is 5.41 Å². The number of ether oxygens (including phenoxy) is 1. The number of para-hydroxylation sites is 1. The fraction of sp³-hybridized carbons (Fsp3) is 0.588. The number of anilines is 1. The smallest absolute Gasteiger partial charge is 0.355 e. The number of aldehydes is 1. The number of nitrogens with zero attached hydrogens (tertiary/aromatic N) is 7. The predicted molar refractivity (Wildman–Crippen MR) is 261 cm³/mol. The number of aromatic carboxylic acids is 1. The average molecular weight is 904 g/mol. The Balaban J connectivity index is 0.936. The van der Waals surface area contributed by atoms with Crippen molar-refractivity contribution >= 4 is 56.4 Å². The van der Waals surface area contributed by atoms with Gasteiger partial charge in [0.25, 0.3) is 0 Å². The number of amidine groups is 2. The molecule has 4 saturated carbocycles. The van der Waals surface area contributed by atoms with Crippen LogP contribution in [0.3, 0.4) is 0 Å². The zero-order chi connectivity index (χ0) is 46.0. The number of aromatic nitrogens is 4. The van der Waals surface area contributed by atoms with E-state index >= 15 is 0 Å². The average Bonchev–Trinajstić information content (AvgIpc) is 3.82. The van der Waals surface area contributed by atoms with E-state index < -0.39 is 5.97 Å². The molecular weight excluding hydrogens is 835 g/mol. The third-order valence-corrected chi connectivity index (χ3v) is 15.8. The first kappa shape index (κ1) is 46.7. The Morgan fingerprint density at radius 1 is 0.969 bits per heavy atom. The first-order valence-electron chi connectivity index (χ1n) is 23.9. The summed E-state index contributed by atoms with van der Waals surface area (Å²) in [7, 11) is 2.22. The highest BCUT2D eigenvalue weighted by Gasteiger charge is 2.66. The number of carbonyl (C=O) groups is 2. The van der Waals surface area contributed by atoms with Gasteiger partial charge in [-0.25, -0.2) is 19.8 Å². The second kappa shape index (κ2) is 19.2. The number of carboxylic acids is 1. The van der Waals surface area contributed by atoms with Crippen molar-refractivity contribution in [1.82, 2.24) is 24.6 Å². The number of pyridine rings is 1. The summed E-state index contributed by atoms with van der Waals surface area (Å²) in [5.41, 5.74) is 11.3. The summed E-state index contributed by atoms with van der Waals surface area (Å²) in [5, 5.41) is 25.4. The van der Waals surface area contributed by atoms with Crippen LogP contribution in [-0.4, -0.2) is 92.6 Å². The highest BCUT2D eigenvalue weighted by molar-refractivity contribution is 7.22. The maximum Gasteiger partial charge on any atom is 0.355 e. The number of nitrogens with two attached hydrogens (primary N) is 1. The quantitative estimate of drug-likeness (QED) is 0.0316. The van der Waals surface area contributed by atoms with Crippen LogP contribution >= 0.6 is 11.3 Å². The highest BCUT2D eigenvalue weighted by atomic mass is 32.1. The van der Waals surface area contributed by atoms with Crippen LogP contribution in [0.5, 0.6) is 0 Å². The number of hydrogen-bond acceptors (Lipinski definition) is 10. The van der Waals surface area contributed by atoms with E-state index in [4.69, 9.17) is 20.6 Å². The van der Waals surface area contributed by atoms with Gasteiger partial charge < -0.3 is 30.2 Å². The molecule has 65 heavy (non-hydrogen) atoms. The lowest BCUT2D eigenvalue weighted by Gasteiger charge is -2.69. The SMILES string of the molecule is CC(/C(N)=N/c1nc2ccccc2s1)=C1\CCCN(c2ccc(-c3cnn(CC45CC6(C)CC(C)(C4)CC(OCCN(C)CCCCCCCCCC=O)(C6)C5)c3C)c(C(=O)O)n2)C1=N. The molecule has 4 heterocycles. The van der Waals surface area contributed by atoms with Gasteiger partial charge in [0, 0.05) is 48.4 Å². The van der Waals surface area contributed by atoms with Crippen LogP contribution < -0.4 is 10.6 Å². The summed E-state index contributed by atoms with van der Waals surface area (Å²) in [6.07, 6.45) is 20.0. The van der Waals surface area contributed by atoms with Gasteiger partial charge >= 0.3 is 5.97 Å². The molecule has 4 aliphatic carbocycles. The summed E-state index contributed by atoms with van der Waals surface area (Å²) in [5.74, 6) is -0.162. The number of aliphatic imine (C=N–C) groups is 1. The monoisotopic (exact) mass is 904 g/mol. The minimum atomic E-state index is -1.12. The van der Waals surface area contributed by atoms with Crippen molar-refractivity contribution in [2.24, 2.45) is 27.0 Å². The van der Waals surface area contributed by atoms with Crippen LogP contribution in [0.2, 0.25) is 0 Å². The van der Waals surface area contributed by atoms with Gasteiger partial charge in [-0.15, -0.1) is 0 Å². The standard InChI is InChI=1S/C51H69N9O4S/c1-35(44(52)57-47-55-40-18-12-13-19-41(40)65-47)37-17-16-23-59(45(37)53)42-21-20-38(43(56-42)46(62)63)39-27-54-60(36(39)2)34-50-29-48(3)28-49(4,30-50)32-51(31-48,33-50)64-26-24-58(5)22-14-10-8-6-7-9-11-15-25-61/h12-13,18-21,25,27,53H,6-11,14-17,22-24,26,28-34H2,1-5H3,(H,62,63)(H2,52,55,57)/b37-35-,53-45?. The molecule has 4 N–H and O–H groups in total. The number of unbranched alkanes of at least 4 members (excludes halogenated alkanes) is 7. The second-order valence-electron chi connectivity index (χ2n) is 20.8. The first-order valence-corrected chi connectivity index (χ1v) is 24.7. The number of nitrogens with one attached hydrogen (secondary N) is 1. The lowest BCUT2D eigenvalue weighted by molar-refractivity contribution is -0.248. The number of likely N-dealkylation sites (N-methyl/N-ethyl adjacent to an activating group) is 1. The van der Waals surface area contributed by atoms with E-state index in [1.54, 1.807) is 11.1 Å². The number of rotatable bonds is 21. The van der Waals surface area contributed by atoms with E-state index in [9.17, 15) is 20.1 Å². The Morgan fingerprint density at radius 3 is 2.42 bits per heavy atom. The van der Waals surface area contributed by atoms with Gasteiger partial charge in [0.1, 0.15) is 23.8 Å². The van der Waals surface area contributed by atoms with Gasteiger partial charge in [-0.3, -0.25) is 10.1 Å². The predicted octanol–water partition coefficient (Wildman–Crippen LogP) is 10.5. The van der Waals surface area contributed by atoms with Gasteiger partial charge in [0.2, 0.25) is 5.13 Å². The van der Waals surface area contributed by atoms with Gasteiger partial charge in [0.05, 0.1) is 28.6 Å².